The van der Waals surface area contributed by atoms with E-state index in [-0.39, 0.29) is 28.6 Å². The van der Waals surface area contributed by atoms with Crippen LogP contribution < -0.4 is 14.4 Å². The molecular weight excluding hydrogens is 584 g/mol. The van der Waals surface area contributed by atoms with Crippen LogP contribution in [0.1, 0.15) is 25.0 Å². The lowest BCUT2D eigenvalue weighted by molar-refractivity contribution is -0.385. The maximum atomic E-state index is 14.1. The summed E-state index contributed by atoms with van der Waals surface area (Å²) in [5, 5.41) is 14.5. The van der Waals surface area contributed by atoms with Crippen molar-refractivity contribution in [1.29, 1.82) is 0 Å². The van der Waals surface area contributed by atoms with Crippen molar-refractivity contribution in [2.24, 2.45) is 0 Å². The lowest BCUT2D eigenvalue weighted by atomic mass is 10.1. The predicted molar refractivity (Wildman–Crippen MR) is 160 cm³/mol. The summed E-state index contributed by atoms with van der Waals surface area (Å²) in [4.78, 5) is 38.6. The van der Waals surface area contributed by atoms with Crippen molar-refractivity contribution in [1.82, 2.24) is 10.2 Å². The van der Waals surface area contributed by atoms with Gasteiger partial charge >= 0.3 is 0 Å². The standard InChI is InChI=1S/C29H33ClN4O7S/c1-5-31-29(36)21(3)32(16-15-22-9-7-6-8-10-22)28(35)19-33(26-17-23(30)12-14-27(26)41-4)42(39,40)24-13-11-20(2)25(18-24)34(37)38/h6-14,17-18,21H,5,15-16,19H2,1-4H3,(H,31,36)/t21-/m1/s1. The first-order chi connectivity index (χ1) is 19.9. The number of nitrogens with zero attached hydrogens (tertiary/aromatic N) is 3. The second-order valence-electron chi connectivity index (χ2n) is 9.43. The number of likely N-dealkylation sites (N-methyl/N-ethyl adjacent to an activating group) is 1. The van der Waals surface area contributed by atoms with E-state index in [2.05, 4.69) is 5.32 Å². The van der Waals surface area contributed by atoms with Gasteiger partial charge in [0, 0.05) is 29.7 Å². The number of benzene rings is 3. The van der Waals surface area contributed by atoms with Crippen molar-refractivity contribution in [3.8, 4) is 5.75 Å². The van der Waals surface area contributed by atoms with Gasteiger partial charge in [-0.05, 0) is 57.0 Å². The quantitative estimate of drug-likeness (QED) is 0.222. The second-order valence-corrected chi connectivity index (χ2v) is 11.7. The van der Waals surface area contributed by atoms with Crippen molar-refractivity contribution in [3.05, 3.63) is 93.0 Å². The number of rotatable bonds is 13. The zero-order valence-corrected chi connectivity index (χ0v) is 25.3. The number of anilines is 1. The molecule has 3 rings (SSSR count). The number of hydrogen-bond acceptors (Lipinski definition) is 7. The van der Waals surface area contributed by atoms with E-state index in [0.717, 1.165) is 15.9 Å². The summed E-state index contributed by atoms with van der Waals surface area (Å²) in [6.45, 7) is 4.54. The summed E-state index contributed by atoms with van der Waals surface area (Å²) in [5.41, 5.74) is 0.751. The Bertz CT molecular complexity index is 1550. The molecule has 0 fully saturated rings. The number of methoxy groups -OCH3 is 1. The van der Waals surface area contributed by atoms with E-state index in [1.165, 1.54) is 49.3 Å². The van der Waals surface area contributed by atoms with E-state index in [4.69, 9.17) is 16.3 Å². The Morgan fingerprint density at radius 1 is 1.10 bits per heavy atom. The molecule has 3 aromatic rings. The van der Waals surface area contributed by atoms with E-state index in [0.29, 0.717) is 13.0 Å². The molecule has 0 radical (unpaired) electrons. The molecule has 0 aliphatic heterocycles. The molecule has 0 aromatic heterocycles. The van der Waals surface area contributed by atoms with Crippen molar-refractivity contribution in [2.45, 2.75) is 38.1 Å². The van der Waals surface area contributed by atoms with E-state index < -0.39 is 49.9 Å². The molecule has 2 amide bonds. The molecule has 3 aromatic carbocycles. The molecule has 0 saturated heterocycles. The lowest BCUT2D eigenvalue weighted by Gasteiger charge is -2.32. The maximum absolute atomic E-state index is 14.1. The molecule has 0 aliphatic carbocycles. The summed E-state index contributed by atoms with van der Waals surface area (Å²) in [5.74, 6) is -0.968. The third-order valence-corrected chi connectivity index (χ3v) is 8.65. The first kappa shape index (κ1) is 32.4. The van der Waals surface area contributed by atoms with E-state index >= 15 is 0 Å². The summed E-state index contributed by atoms with van der Waals surface area (Å²) in [6, 6.07) is 16.2. The van der Waals surface area contributed by atoms with Gasteiger partial charge in [0.1, 0.15) is 18.3 Å². The Morgan fingerprint density at radius 3 is 2.40 bits per heavy atom. The summed E-state index contributed by atoms with van der Waals surface area (Å²) in [7, 11) is -3.25. The van der Waals surface area contributed by atoms with Crippen LogP contribution in [0.5, 0.6) is 5.75 Å². The highest BCUT2D eigenvalue weighted by Gasteiger charge is 2.34. The zero-order valence-electron chi connectivity index (χ0n) is 23.7. The van der Waals surface area contributed by atoms with Crippen LogP contribution in [0.4, 0.5) is 11.4 Å². The molecule has 0 bridgehead atoms. The van der Waals surface area contributed by atoms with E-state index in [9.17, 15) is 28.1 Å². The minimum atomic E-state index is -4.59. The summed E-state index contributed by atoms with van der Waals surface area (Å²) in [6.07, 6.45) is 0.410. The monoisotopic (exact) mass is 616 g/mol. The number of carbonyl (C=O) groups is 2. The number of sulfonamides is 1. The number of hydrogen-bond donors (Lipinski definition) is 1. The normalized spacial score (nSPS) is 11.8. The molecule has 0 aliphatic rings. The second kappa shape index (κ2) is 14.1. The number of halogens is 1. The molecule has 0 unspecified atom stereocenters. The molecule has 0 heterocycles. The molecule has 1 N–H and O–H groups in total. The van der Waals surface area contributed by atoms with Crippen LogP contribution in [0.3, 0.4) is 0 Å². The largest absolute Gasteiger partial charge is 0.495 e. The highest BCUT2D eigenvalue weighted by Crippen LogP contribution is 2.36. The van der Waals surface area contributed by atoms with Gasteiger partial charge in [-0.15, -0.1) is 0 Å². The third kappa shape index (κ3) is 7.56. The van der Waals surface area contributed by atoms with Crippen LogP contribution in [-0.4, -0.2) is 62.8 Å². The molecule has 1 atom stereocenters. The fourth-order valence-electron chi connectivity index (χ4n) is 4.34. The predicted octanol–water partition coefficient (Wildman–Crippen LogP) is 4.36. The number of nitro benzene ring substituents is 1. The minimum absolute atomic E-state index is 0.0461. The highest BCUT2D eigenvalue weighted by atomic mass is 35.5. The van der Waals surface area contributed by atoms with Gasteiger partial charge in [-0.25, -0.2) is 8.42 Å². The average Bonchev–Trinajstić information content (AvgIpc) is 2.96. The van der Waals surface area contributed by atoms with Crippen molar-refractivity contribution >= 4 is 44.8 Å². The van der Waals surface area contributed by atoms with E-state index in [1.807, 2.05) is 30.3 Å². The van der Waals surface area contributed by atoms with Crippen molar-refractivity contribution in [3.63, 3.8) is 0 Å². The lowest BCUT2D eigenvalue weighted by Crippen LogP contribution is -2.52. The Morgan fingerprint density at radius 2 is 1.79 bits per heavy atom. The molecular formula is C29H33ClN4O7S. The minimum Gasteiger partial charge on any atom is -0.495 e. The van der Waals surface area contributed by atoms with Crippen molar-refractivity contribution in [2.75, 3.05) is 31.0 Å². The molecule has 0 spiro atoms. The van der Waals surface area contributed by atoms with Crippen LogP contribution in [0, 0.1) is 17.0 Å². The first-order valence-corrected chi connectivity index (χ1v) is 14.9. The number of aryl methyl sites for hydroxylation is 1. The average molecular weight is 617 g/mol. The third-order valence-electron chi connectivity index (χ3n) is 6.66. The SMILES string of the molecule is CCNC(=O)[C@@H](C)N(CCc1ccccc1)C(=O)CN(c1cc(Cl)ccc1OC)S(=O)(=O)c1ccc(C)c([N+](=O)[O-])c1. The molecule has 11 nitrogen and oxygen atoms in total. The van der Waals surface area contributed by atoms with Gasteiger partial charge in [-0.1, -0.05) is 48.0 Å². The van der Waals surface area contributed by atoms with Gasteiger partial charge in [0.2, 0.25) is 11.8 Å². The van der Waals surface area contributed by atoms with Crippen LogP contribution in [0.25, 0.3) is 0 Å². The van der Waals surface area contributed by atoms with Crippen LogP contribution in [0.15, 0.2) is 71.6 Å². The molecule has 224 valence electrons. The molecule has 13 heteroatoms. The summed E-state index contributed by atoms with van der Waals surface area (Å²) < 4.78 is 34.4. The molecule has 0 saturated carbocycles. The van der Waals surface area contributed by atoms with Gasteiger partial charge in [-0.3, -0.25) is 24.0 Å². The fourth-order valence-corrected chi connectivity index (χ4v) is 5.94. The van der Waals surface area contributed by atoms with Crippen LogP contribution in [0.2, 0.25) is 5.02 Å². The molecule has 42 heavy (non-hydrogen) atoms. The number of carbonyl (C=O) groups excluding carboxylic acids is 2. The van der Waals surface area contributed by atoms with Gasteiger partial charge < -0.3 is 15.0 Å². The summed E-state index contributed by atoms with van der Waals surface area (Å²) >= 11 is 6.23. The smallest absolute Gasteiger partial charge is 0.273 e. The van der Waals surface area contributed by atoms with Crippen molar-refractivity contribution < 1.29 is 27.7 Å². The van der Waals surface area contributed by atoms with Crippen LogP contribution in [-0.2, 0) is 26.0 Å². The fraction of sp³-hybridized carbons (Fsp3) is 0.310. The highest BCUT2D eigenvalue weighted by molar-refractivity contribution is 7.92. The Balaban J connectivity index is 2.11. The number of nitrogens with one attached hydrogen (secondary N) is 1. The number of nitro groups is 1. The van der Waals surface area contributed by atoms with Crippen LogP contribution >= 0.6 is 11.6 Å². The number of ether oxygens (including phenoxy) is 1. The zero-order chi connectivity index (χ0) is 31.0. The number of amides is 2. The Hall–Kier alpha value is -4.16. The van der Waals surface area contributed by atoms with Gasteiger partial charge in [0.05, 0.1) is 22.6 Å². The van der Waals surface area contributed by atoms with E-state index in [1.54, 1.807) is 13.8 Å². The Labute approximate surface area is 250 Å². The first-order valence-electron chi connectivity index (χ1n) is 13.1. The maximum Gasteiger partial charge on any atom is 0.273 e. The topological polar surface area (TPSA) is 139 Å². The van der Waals surface area contributed by atoms with Gasteiger partial charge in [0.15, 0.2) is 0 Å². The van der Waals surface area contributed by atoms with Gasteiger partial charge in [0.25, 0.3) is 15.7 Å². The Kier molecular flexibility index (Phi) is 10.9. The van der Waals surface area contributed by atoms with Gasteiger partial charge in [-0.2, -0.15) is 0 Å².